The molecule has 0 atom stereocenters. The number of aryl methyl sites for hydroxylation is 1. The summed E-state index contributed by atoms with van der Waals surface area (Å²) in [5.74, 6) is 6.15. The lowest BCUT2D eigenvalue weighted by molar-refractivity contribution is 0.378. The Labute approximate surface area is 212 Å². The maximum atomic E-state index is 11.7. The van der Waals surface area contributed by atoms with Crippen molar-refractivity contribution < 1.29 is 9.15 Å². The summed E-state index contributed by atoms with van der Waals surface area (Å²) in [6, 6.07) is 21.7. The van der Waals surface area contributed by atoms with E-state index in [9.17, 15) is 4.79 Å². The molecule has 0 fully saturated rings. The molecular weight excluding hydrogens is 468 g/mol. The number of nitrogens with zero attached hydrogens (tertiary/aromatic N) is 5. The molecule has 182 valence electrons. The number of benzene rings is 1. The van der Waals surface area contributed by atoms with E-state index in [1.165, 1.54) is 12.3 Å². The lowest BCUT2D eigenvalue weighted by Gasteiger charge is -2.10. The van der Waals surface area contributed by atoms with Gasteiger partial charge in [-0.3, -0.25) is 15.0 Å². The highest BCUT2D eigenvalue weighted by molar-refractivity contribution is 6.31. The Kier molecular flexibility index (Phi) is 6.76. The van der Waals surface area contributed by atoms with Crippen LogP contribution in [-0.2, 0) is 0 Å². The minimum absolute atomic E-state index is 0.0646. The Morgan fingerprint density at radius 1 is 0.946 bits per heavy atom. The number of rotatable bonds is 7. The summed E-state index contributed by atoms with van der Waals surface area (Å²) in [5.41, 5.74) is 4.59. The first-order chi connectivity index (χ1) is 18.1. The van der Waals surface area contributed by atoms with Crippen LogP contribution in [0.2, 0.25) is 0 Å². The Bertz CT molecular complexity index is 1610. The molecule has 9 heteroatoms. The number of hydrazone groups is 1. The van der Waals surface area contributed by atoms with Crippen molar-refractivity contribution in [3.8, 4) is 28.5 Å². The molecule has 5 rings (SSSR count). The molecule has 0 aliphatic carbocycles. The molecule has 0 aliphatic heterocycles. The third kappa shape index (κ3) is 5.57. The minimum Gasteiger partial charge on any atom is -0.487 e. The normalized spacial score (nSPS) is 11.8. The molecule has 2 N–H and O–H groups in total. The summed E-state index contributed by atoms with van der Waals surface area (Å²) >= 11 is 0. The Hall–Kier alpha value is -5.18. The van der Waals surface area contributed by atoms with Gasteiger partial charge in [-0.05, 0) is 48.9 Å². The van der Waals surface area contributed by atoms with Crippen LogP contribution in [0.4, 0.5) is 5.69 Å². The molecule has 37 heavy (non-hydrogen) atoms. The monoisotopic (exact) mass is 490 g/mol. The van der Waals surface area contributed by atoms with Gasteiger partial charge in [0, 0.05) is 42.0 Å². The van der Waals surface area contributed by atoms with Crippen molar-refractivity contribution in [2.45, 2.75) is 6.92 Å². The maximum absolute atomic E-state index is 11.7. The molecule has 4 heterocycles. The number of pyridine rings is 3. The Morgan fingerprint density at radius 2 is 1.65 bits per heavy atom. The summed E-state index contributed by atoms with van der Waals surface area (Å²) in [7, 11) is 0. The zero-order chi connectivity index (χ0) is 25.6. The van der Waals surface area contributed by atoms with Crippen molar-refractivity contribution in [1.82, 2.24) is 15.0 Å². The molecular formula is C28H22N6O3. The van der Waals surface area contributed by atoms with Crippen molar-refractivity contribution in [3.63, 3.8) is 0 Å². The van der Waals surface area contributed by atoms with Crippen LogP contribution in [0.5, 0.6) is 5.75 Å². The Morgan fingerprint density at radius 3 is 2.27 bits per heavy atom. The number of aliphatic imine (C=N–C) groups is 1. The second kappa shape index (κ2) is 10.6. The summed E-state index contributed by atoms with van der Waals surface area (Å²) < 4.78 is 11.3. The summed E-state index contributed by atoms with van der Waals surface area (Å²) in [6.45, 7) is 1.92. The van der Waals surface area contributed by atoms with Gasteiger partial charge in [-0.1, -0.05) is 12.1 Å². The van der Waals surface area contributed by atoms with Crippen LogP contribution in [0.1, 0.15) is 5.56 Å². The van der Waals surface area contributed by atoms with Crippen LogP contribution in [0.3, 0.4) is 0 Å². The predicted octanol–water partition coefficient (Wildman–Crippen LogP) is 4.72. The van der Waals surface area contributed by atoms with Gasteiger partial charge in [-0.2, -0.15) is 5.10 Å². The average molecular weight is 491 g/mol. The van der Waals surface area contributed by atoms with Gasteiger partial charge in [-0.25, -0.2) is 9.78 Å². The topological polar surface area (TPSA) is 129 Å². The summed E-state index contributed by atoms with van der Waals surface area (Å²) in [5, 5.41) is 4.65. The smallest absolute Gasteiger partial charge is 0.336 e. The highest BCUT2D eigenvalue weighted by Gasteiger charge is 2.11. The van der Waals surface area contributed by atoms with Gasteiger partial charge in [0.05, 0.1) is 34.7 Å². The fourth-order valence-electron chi connectivity index (χ4n) is 3.69. The second-order valence-corrected chi connectivity index (χ2v) is 8.10. The van der Waals surface area contributed by atoms with Gasteiger partial charge in [-0.15, -0.1) is 0 Å². The van der Waals surface area contributed by atoms with E-state index in [-0.39, 0.29) is 6.61 Å². The SMILES string of the molecule is Cc1cc(=O)oc2cc(N=C/C(COc3cc(-c4ccccn4)nc(-c4ccccn4)c3)=N\N)ccc12. The number of nitrogens with two attached hydrogens (primary N) is 1. The molecule has 0 bridgehead atoms. The fourth-order valence-corrected chi connectivity index (χ4v) is 3.69. The van der Waals surface area contributed by atoms with Gasteiger partial charge in [0.15, 0.2) is 0 Å². The fraction of sp³-hybridized carbons (Fsp3) is 0.0714. The number of hydrogen-bond donors (Lipinski definition) is 1. The van der Waals surface area contributed by atoms with Gasteiger partial charge >= 0.3 is 5.63 Å². The van der Waals surface area contributed by atoms with Crippen molar-refractivity contribution in [2.75, 3.05) is 6.61 Å². The molecule has 0 unspecified atom stereocenters. The van der Waals surface area contributed by atoms with Crippen LogP contribution >= 0.6 is 0 Å². The zero-order valence-electron chi connectivity index (χ0n) is 19.9. The number of aromatic nitrogens is 3. The molecule has 0 saturated carbocycles. The number of ether oxygens (including phenoxy) is 1. The molecule has 0 aliphatic rings. The molecule has 0 saturated heterocycles. The van der Waals surface area contributed by atoms with Crippen LogP contribution in [0, 0.1) is 6.92 Å². The van der Waals surface area contributed by atoms with Crippen LogP contribution in [-0.4, -0.2) is 33.5 Å². The van der Waals surface area contributed by atoms with E-state index < -0.39 is 5.63 Å². The van der Waals surface area contributed by atoms with Crippen molar-refractivity contribution in [3.05, 3.63) is 101 Å². The second-order valence-electron chi connectivity index (χ2n) is 8.10. The van der Waals surface area contributed by atoms with Gasteiger partial charge in [0.25, 0.3) is 0 Å². The highest BCUT2D eigenvalue weighted by atomic mass is 16.5. The van der Waals surface area contributed by atoms with E-state index in [0.717, 1.165) is 10.9 Å². The van der Waals surface area contributed by atoms with Crippen molar-refractivity contribution >= 4 is 28.6 Å². The standard InChI is InChI=1S/C28H22N6O3/c1-18-12-28(35)37-27-13-19(8-9-22(18)27)32-16-20(34-29)17-36-21-14-25(23-6-2-4-10-30-23)33-26(15-21)24-7-3-5-11-31-24/h2-16H,17,29H2,1H3/b32-16?,34-20+. The first-order valence-electron chi connectivity index (χ1n) is 11.4. The number of fused-ring (bicyclic) bond motifs is 1. The minimum atomic E-state index is -0.406. The molecule has 0 spiro atoms. The van der Waals surface area contributed by atoms with Gasteiger partial charge < -0.3 is 15.0 Å². The van der Waals surface area contributed by atoms with Crippen LogP contribution < -0.4 is 16.2 Å². The first kappa shape index (κ1) is 23.6. The summed E-state index contributed by atoms with van der Waals surface area (Å²) in [6.07, 6.45) is 4.93. The van der Waals surface area contributed by atoms with E-state index in [1.54, 1.807) is 30.6 Å². The van der Waals surface area contributed by atoms with E-state index in [1.807, 2.05) is 55.5 Å². The third-order valence-corrected chi connectivity index (χ3v) is 5.50. The summed E-state index contributed by atoms with van der Waals surface area (Å²) in [4.78, 5) is 29.6. The largest absolute Gasteiger partial charge is 0.487 e. The van der Waals surface area contributed by atoms with E-state index in [2.05, 4.69) is 20.1 Å². The maximum Gasteiger partial charge on any atom is 0.336 e. The molecule has 0 radical (unpaired) electrons. The molecule has 5 aromatic rings. The zero-order valence-corrected chi connectivity index (χ0v) is 19.9. The van der Waals surface area contributed by atoms with Gasteiger partial charge in [0.2, 0.25) is 0 Å². The van der Waals surface area contributed by atoms with Gasteiger partial charge in [0.1, 0.15) is 23.7 Å². The van der Waals surface area contributed by atoms with E-state index in [0.29, 0.717) is 45.5 Å². The quantitative estimate of drug-likeness (QED) is 0.151. The molecule has 9 nitrogen and oxygen atoms in total. The Balaban J connectivity index is 1.38. The van der Waals surface area contributed by atoms with Crippen molar-refractivity contribution in [2.24, 2.45) is 15.9 Å². The lowest BCUT2D eigenvalue weighted by Crippen LogP contribution is -2.15. The predicted molar refractivity (Wildman–Crippen MR) is 143 cm³/mol. The molecule has 0 amide bonds. The van der Waals surface area contributed by atoms with Crippen LogP contribution in [0.15, 0.2) is 104 Å². The van der Waals surface area contributed by atoms with Crippen LogP contribution in [0.25, 0.3) is 33.7 Å². The van der Waals surface area contributed by atoms with Crippen molar-refractivity contribution in [1.29, 1.82) is 0 Å². The van der Waals surface area contributed by atoms with E-state index >= 15 is 0 Å². The highest BCUT2D eigenvalue weighted by Crippen LogP contribution is 2.27. The lowest BCUT2D eigenvalue weighted by atomic mass is 10.1. The molecule has 4 aromatic heterocycles. The number of hydrogen-bond acceptors (Lipinski definition) is 9. The molecule has 1 aromatic carbocycles. The third-order valence-electron chi connectivity index (χ3n) is 5.50. The van der Waals surface area contributed by atoms with E-state index in [4.69, 9.17) is 20.0 Å². The average Bonchev–Trinajstić information content (AvgIpc) is 2.93. The first-order valence-corrected chi connectivity index (χ1v) is 11.4.